The Bertz CT molecular complexity index is 1990. The first-order chi connectivity index (χ1) is 24.1. The summed E-state index contributed by atoms with van der Waals surface area (Å²) in [5.74, 6) is -0.285. The zero-order chi connectivity index (χ0) is 35.9. The van der Waals surface area contributed by atoms with Gasteiger partial charge in [-0.05, 0) is 162 Å². The average molecular weight is 679 g/mol. The van der Waals surface area contributed by atoms with Crippen LogP contribution in [0.15, 0.2) is 24.3 Å². The topological polar surface area (TPSA) is 110 Å². The molecule has 50 heavy (non-hydrogen) atoms. The lowest BCUT2D eigenvalue weighted by Crippen LogP contribution is -2.03. The van der Waals surface area contributed by atoms with Gasteiger partial charge in [-0.3, -0.25) is 9.59 Å². The molecule has 8 nitrogen and oxygen atoms in total. The van der Waals surface area contributed by atoms with E-state index in [0.717, 1.165) is 102 Å². The summed E-state index contributed by atoms with van der Waals surface area (Å²) in [6, 6.07) is 8.81. The summed E-state index contributed by atoms with van der Waals surface area (Å²) >= 11 is 0. The minimum atomic E-state index is -0.143. The number of rotatable bonds is 14. The number of fused-ring (bicyclic) bond motifs is 8. The van der Waals surface area contributed by atoms with Crippen molar-refractivity contribution < 1.29 is 19.1 Å². The molecule has 0 fully saturated rings. The minimum Gasteiger partial charge on any atom is -0.466 e. The van der Waals surface area contributed by atoms with Crippen LogP contribution in [0.25, 0.3) is 44.4 Å². The highest BCUT2D eigenvalue weighted by atomic mass is 16.5. The van der Waals surface area contributed by atoms with Crippen molar-refractivity contribution in [1.82, 2.24) is 19.9 Å². The molecular weight excluding hydrogens is 624 g/mol. The number of H-pyrrole nitrogens is 2. The number of nitrogens with zero attached hydrogens (tertiary/aromatic N) is 2. The quantitative estimate of drug-likeness (QED) is 0.130. The number of unbranched alkanes of at least 4 members (excludes halogenated alkanes) is 2. The van der Waals surface area contributed by atoms with E-state index in [1.807, 2.05) is 13.8 Å². The molecule has 0 atom stereocenters. The molecular formula is C42H54N4O4. The number of aromatic nitrogens is 4. The summed E-state index contributed by atoms with van der Waals surface area (Å²) < 4.78 is 10.3. The van der Waals surface area contributed by atoms with Crippen LogP contribution in [0.1, 0.15) is 138 Å². The molecule has 0 amide bonds. The molecule has 5 heterocycles. The highest BCUT2D eigenvalue weighted by Crippen LogP contribution is 2.37. The Labute approximate surface area is 296 Å². The second-order valence-electron chi connectivity index (χ2n) is 13.4. The summed E-state index contributed by atoms with van der Waals surface area (Å²) in [7, 11) is 0. The monoisotopic (exact) mass is 678 g/mol. The van der Waals surface area contributed by atoms with Crippen LogP contribution in [0.4, 0.5) is 0 Å². The Morgan fingerprint density at radius 2 is 1.02 bits per heavy atom. The van der Waals surface area contributed by atoms with Gasteiger partial charge in [0.15, 0.2) is 0 Å². The first-order valence-corrected chi connectivity index (χ1v) is 18.5. The molecule has 2 aliphatic rings. The number of carbonyl (C=O) groups excluding carboxylic acids is 2. The number of aryl methyl sites for hydroxylation is 4. The van der Waals surface area contributed by atoms with E-state index in [1.165, 1.54) is 39.0 Å². The predicted octanol–water partition coefficient (Wildman–Crippen LogP) is 10.2. The molecule has 0 spiro atoms. The Morgan fingerprint density at radius 1 is 0.560 bits per heavy atom. The molecule has 0 aromatic carbocycles. The number of carbonyl (C=O) groups is 2. The SMILES string of the molecule is CCOC(=O)CCCCC1=C(C)c2cc3[nH]c(cc4nc(cc5[nH]c(cc1n2)c(CCCCC(=O)OCC)c5C)C(C)=C4CC)c(C)c3CC. The third-order valence-corrected chi connectivity index (χ3v) is 10.2. The van der Waals surface area contributed by atoms with Crippen LogP contribution in [-0.4, -0.2) is 45.1 Å². The smallest absolute Gasteiger partial charge is 0.305 e. The van der Waals surface area contributed by atoms with E-state index in [2.05, 4.69) is 75.8 Å². The van der Waals surface area contributed by atoms with Crippen LogP contribution in [-0.2, 0) is 31.9 Å². The van der Waals surface area contributed by atoms with Gasteiger partial charge in [-0.2, -0.15) is 0 Å². The third kappa shape index (κ3) is 7.95. The molecule has 8 bridgehead atoms. The average Bonchev–Trinajstić information content (AvgIpc) is 3.74. The first kappa shape index (κ1) is 36.8. The molecule has 5 rings (SSSR count). The van der Waals surface area contributed by atoms with Gasteiger partial charge in [-0.15, -0.1) is 0 Å². The van der Waals surface area contributed by atoms with E-state index < -0.39 is 0 Å². The maximum absolute atomic E-state index is 12.1. The fraction of sp³-hybridized carbons (Fsp3) is 0.476. The van der Waals surface area contributed by atoms with Gasteiger partial charge in [-0.1, -0.05) is 13.8 Å². The summed E-state index contributed by atoms with van der Waals surface area (Å²) in [5, 5.41) is 0. The predicted molar refractivity (Wildman–Crippen MR) is 204 cm³/mol. The van der Waals surface area contributed by atoms with E-state index in [9.17, 15) is 9.59 Å². The van der Waals surface area contributed by atoms with E-state index in [1.54, 1.807) is 0 Å². The van der Waals surface area contributed by atoms with E-state index in [4.69, 9.17) is 19.4 Å². The maximum atomic E-state index is 12.1. The largest absolute Gasteiger partial charge is 0.466 e. The zero-order valence-corrected chi connectivity index (χ0v) is 31.3. The fourth-order valence-electron chi connectivity index (χ4n) is 7.36. The molecule has 0 saturated carbocycles. The standard InChI is InChI=1S/C42H54N4O4/c1-9-29-25(5)33-21-34-27(7)31(17-13-15-19-41(47)49-11-3)39(45-34)24-40-32(18-14-16-20-42(48)50-12-4)28(8)36(46-40)23-38-30(10-2)26(6)35(44-38)22-37(29)43-33/h21-24,44-45H,9-20H2,1-8H3. The molecule has 0 radical (unpaired) electrons. The number of hydrogen-bond donors (Lipinski definition) is 2. The van der Waals surface area contributed by atoms with Crippen molar-refractivity contribution in [2.45, 2.75) is 120 Å². The summed E-state index contributed by atoms with van der Waals surface area (Å²) in [4.78, 5) is 42.1. The normalized spacial score (nSPS) is 13.0. The van der Waals surface area contributed by atoms with Gasteiger partial charge < -0.3 is 19.4 Å². The van der Waals surface area contributed by atoms with Crippen molar-refractivity contribution in [1.29, 1.82) is 0 Å². The van der Waals surface area contributed by atoms with Crippen molar-refractivity contribution >= 4 is 56.3 Å². The van der Waals surface area contributed by atoms with Crippen LogP contribution >= 0.6 is 0 Å². The number of esters is 2. The number of hydrogen-bond acceptors (Lipinski definition) is 6. The van der Waals surface area contributed by atoms with Crippen molar-refractivity contribution in [2.24, 2.45) is 0 Å². The van der Waals surface area contributed by atoms with Crippen LogP contribution < -0.4 is 0 Å². The zero-order valence-electron chi connectivity index (χ0n) is 31.3. The molecule has 2 aliphatic heterocycles. The van der Waals surface area contributed by atoms with E-state index in [0.29, 0.717) is 26.1 Å². The lowest BCUT2D eigenvalue weighted by molar-refractivity contribution is -0.144. The van der Waals surface area contributed by atoms with Crippen molar-refractivity contribution in [3.8, 4) is 0 Å². The molecule has 0 saturated heterocycles. The third-order valence-electron chi connectivity index (χ3n) is 10.2. The Hall–Kier alpha value is -4.46. The van der Waals surface area contributed by atoms with Crippen molar-refractivity contribution in [3.05, 3.63) is 69.3 Å². The van der Waals surface area contributed by atoms with E-state index >= 15 is 0 Å². The molecule has 0 aliphatic carbocycles. The van der Waals surface area contributed by atoms with Crippen LogP contribution in [0, 0.1) is 13.8 Å². The van der Waals surface area contributed by atoms with Crippen molar-refractivity contribution in [2.75, 3.05) is 13.2 Å². The number of nitrogens with one attached hydrogen (secondary N) is 2. The van der Waals surface area contributed by atoms with Gasteiger partial charge >= 0.3 is 11.9 Å². The minimum absolute atomic E-state index is 0.142. The molecule has 266 valence electrons. The number of aromatic amines is 2. The fourth-order valence-corrected chi connectivity index (χ4v) is 7.36. The lowest BCUT2D eigenvalue weighted by atomic mass is 9.98. The Morgan fingerprint density at radius 3 is 1.58 bits per heavy atom. The van der Waals surface area contributed by atoms with Gasteiger partial charge in [0.25, 0.3) is 0 Å². The first-order valence-electron chi connectivity index (χ1n) is 18.5. The molecule has 0 unspecified atom stereocenters. The second-order valence-corrected chi connectivity index (χ2v) is 13.4. The van der Waals surface area contributed by atoms with Crippen LogP contribution in [0.3, 0.4) is 0 Å². The molecule has 2 N–H and O–H groups in total. The van der Waals surface area contributed by atoms with Crippen LogP contribution in [0.2, 0.25) is 0 Å². The van der Waals surface area contributed by atoms with Gasteiger partial charge in [0, 0.05) is 34.9 Å². The maximum Gasteiger partial charge on any atom is 0.305 e. The second kappa shape index (κ2) is 16.5. The number of ether oxygens (including phenoxy) is 2. The lowest BCUT2D eigenvalue weighted by Gasteiger charge is -2.06. The molecule has 3 aromatic heterocycles. The summed E-state index contributed by atoms with van der Waals surface area (Å²) in [5.41, 5.74) is 17.9. The molecule has 8 heteroatoms. The van der Waals surface area contributed by atoms with Crippen LogP contribution in [0.5, 0.6) is 0 Å². The summed E-state index contributed by atoms with van der Waals surface area (Å²) in [6.07, 6.45) is 7.53. The Kier molecular flexibility index (Phi) is 12.1. The number of allylic oxidation sites excluding steroid dienone is 4. The van der Waals surface area contributed by atoms with Gasteiger partial charge in [0.1, 0.15) is 0 Å². The van der Waals surface area contributed by atoms with Crippen molar-refractivity contribution in [3.63, 3.8) is 0 Å². The molecule has 3 aromatic rings. The van der Waals surface area contributed by atoms with Gasteiger partial charge in [0.05, 0.1) is 36.0 Å². The van der Waals surface area contributed by atoms with Gasteiger partial charge in [0.2, 0.25) is 0 Å². The highest BCUT2D eigenvalue weighted by molar-refractivity contribution is 5.95. The highest BCUT2D eigenvalue weighted by Gasteiger charge is 2.20. The van der Waals surface area contributed by atoms with E-state index in [-0.39, 0.29) is 11.9 Å². The Balaban J connectivity index is 1.71. The van der Waals surface area contributed by atoms with Gasteiger partial charge in [-0.25, -0.2) is 9.97 Å². The summed E-state index contributed by atoms with van der Waals surface area (Å²) in [6.45, 7) is 17.6.